The standard InChI is InChI=1S/C33H40N2/c1-7-34(8-2)27-20-21-28(24(5)22-27)33(26-16-12-11-13-17-26)32-25(6)23-31(35(9-3)10-4)29-18-14-15-19-30(29)32/h11-23,33H,7-10H2,1-6H3/t33-/m1/s1. The van der Waals surface area contributed by atoms with Gasteiger partial charge < -0.3 is 9.80 Å². The predicted octanol–water partition coefficient (Wildman–Crippen LogP) is 8.33. The second kappa shape index (κ2) is 11.0. The Hall–Kier alpha value is -3.26. The molecule has 2 nitrogen and oxygen atoms in total. The maximum absolute atomic E-state index is 2.47. The van der Waals surface area contributed by atoms with Crippen LogP contribution in [0.25, 0.3) is 10.8 Å². The third-order valence-corrected chi connectivity index (χ3v) is 7.49. The average molecular weight is 465 g/mol. The topological polar surface area (TPSA) is 6.48 Å². The summed E-state index contributed by atoms with van der Waals surface area (Å²) in [6, 6.07) is 29.5. The summed E-state index contributed by atoms with van der Waals surface area (Å²) < 4.78 is 0. The monoisotopic (exact) mass is 464 g/mol. The van der Waals surface area contributed by atoms with Crippen molar-refractivity contribution in [3.05, 3.63) is 107 Å². The molecule has 0 bridgehead atoms. The Morgan fingerprint density at radius 1 is 0.600 bits per heavy atom. The molecule has 0 aliphatic rings. The maximum atomic E-state index is 2.47. The number of anilines is 2. The average Bonchev–Trinajstić information content (AvgIpc) is 2.89. The Balaban J connectivity index is 1.99. The normalized spacial score (nSPS) is 12.1. The Bertz CT molecular complexity index is 1270. The Morgan fingerprint density at radius 2 is 1.20 bits per heavy atom. The molecule has 0 unspecified atom stereocenters. The van der Waals surface area contributed by atoms with Crippen LogP contribution in [0, 0.1) is 13.8 Å². The van der Waals surface area contributed by atoms with Crippen molar-refractivity contribution in [1.82, 2.24) is 0 Å². The fourth-order valence-corrected chi connectivity index (χ4v) is 5.64. The van der Waals surface area contributed by atoms with Crippen LogP contribution in [0.4, 0.5) is 11.4 Å². The number of aryl methyl sites for hydroxylation is 2. The Kier molecular flexibility index (Phi) is 7.80. The fraction of sp³-hybridized carbons (Fsp3) is 0.333. The predicted molar refractivity (Wildman–Crippen MR) is 154 cm³/mol. The molecule has 0 spiro atoms. The van der Waals surface area contributed by atoms with Crippen LogP contribution in [0.2, 0.25) is 0 Å². The molecule has 0 saturated carbocycles. The molecule has 0 N–H and O–H groups in total. The van der Waals surface area contributed by atoms with Crippen molar-refractivity contribution >= 4 is 22.1 Å². The smallest absolute Gasteiger partial charge is 0.0448 e. The van der Waals surface area contributed by atoms with E-state index in [4.69, 9.17) is 0 Å². The molecule has 35 heavy (non-hydrogen) atoms. The molecule has 1 atom stereocenters. The van der Waals surface area contributed by atoms with Gasteiger partial charge in [0, 0.05) is 48.9 Å². The van der Waals surface area contributed by atoms with Crippen LogP contribution in [0.5, 0.6) is 0 Å². The highest BCUT2D eigenvalue weighted by Crippen LogP contribution is 2.42. The lowest BCUT2D eigenvalue weighted by Gasteiger charge is -2.29. The van der Waals surface area contributed by atoms with Crippen LogP contribution in [0.15, 0.2) is 78.9 Å². The van der Waals surface area contributed by atoms with Gasteiger partial charge in [0.2, 0.25) is 0 Å². The summed E-state index contributed by atoms with van der Waals surface area (Å²) in [4.78, 5) is 4.90. The van der Waals surface area contributed by atoms with Gasteiger partial charge in [-0.2, -0.15) is 0 Å². The van der Waals surface area contributed by atoms with E-state index >= 15 is 0 Å². The third-order valence-electron chi connectivity index (χ3n) is 7.49. The molecule has 0 fully saturated rings. The van der Waals surface area contributed by atoms with E-state index in [-0.39, 0.29) is 5.92 Å². The number of rotatable bonds is 9. The van der Waals surface area contributed by atoms with Crippen LogP contribution in [0.1, 0.15) is 61.4 Å². The SMILES string of the molecule is CCN(CC)c1ccc([C@@H](c2ccccc2)c2c(C)cc(N(CC)CC)c3ccccc23)c(C)c1. The van der Waals surface area contributed by atoms with Crippen LogP contribution in [-0.2, 0) is 0 Å². The van der Waals surface area contributed by atoms with Gasteiger partial charge in [-0.15, -0.1) is 0 Å². The number of hydrogen-bond acceptors (Lipinski definition) is 2. The summed E-state index contributed by atoms with van der Waals surface area (Å²) in [7, 11) is 0. The van der Waals surface area contributed by atoms with Crippen molar-refractivity contribution in [2.24, 2.45) is 0 Å². The fourth-order valence-electron chi connectivity index (χ4n) is 5.64. The van der Waals surface area contributed by atoms with E-state index < -0.39 is 0 Å². The van der Waals surface area contributed by atoms with Gasteiger partial charge in [0.05, 0.1) is 0 Å². The first-order valence-corrected chi connectivity index (χ1v) is 13.2. The zero-order chi connectivity index (χ0) is 24.9. The molecule has 0 radical (unpaired) electrons. The summed E-state index contributed by atoms with van der Waals surface area (Å²) in [5, 5.41) is 2.70. The van der Waals surface area contributed by atoms with E-state index in [9.17, 15) is 0 Å². The number of benzene rings is 4. The van der Waals surface area contributed by atoms with Gasteiger partial charge in [-0.25, -0.2) is 0 Å². The van der Waals surface area contributed by atoms with E-state index in [1.54, 1.807) is 0 Å². The molecule has 0 aromatic heterocycles. The van der Waals surface area contributed by atoms with E-state index in [0.717, 1.165) is 26.2 Å². The molecule has 4 aromatic carbocycles. The molecular formula is C33H40N2. The second-order valence-corrected chi connectivity index (χ2v) is 9.40. The van der Waals surface area contributed by atoms with Crippen LogP contribution < -0.4 is 9.80 Å². The molecule has 4 rings (SSSR count). The van der Waals surface area contributed by atoms with Gasteiger partial charge in [-0.3, -0.25) is 0 Å². The second-order valence-electron chi connectivity index (χ2n) is 9.40. The first-order chi connectivity index (χ1) is 17.0. The summed E-state index contributed by atoms with van der Waals surface area (Å²) in [6.45, 7) is 17.6. The minimum absolute atomic E-state index is 0.178. The summed E-state index contributed by atoms with van der Waals surface area (Å²) in [5.41, 5.74) is 9.49. The molecule has 0 aliphatic heterocycles. The number of nitrogens with zero attached hydrogens (tertiary/aromatic N) is 2. The first-order valence-electron chi connectivity index (χ1n) is 13.2. The highest BCUT2D eigenvalue weighted by molar-refractivity contribution is 5.98. The van der Waals surface area contributed by atoms with Gasteiger partial charge in [-0.05, 0) is 92.9 Å². The highest BCUT2D eigenvalue weighted by atomic mass is 15.1. The van der Waals surface area contributed by atoms with Gasteiger partial charge in [0.15, 0.2) is 0 Å². The minimum Gasteiger partial charge on any atom is -0.372 e. The zero-order valence-electron chi connectivity index (χ0n) is 22.3. The van der Waals surface area contributed by atoms with Crippen molar-refractivity contribution < 1.29 is 0 Å². The Labute approximate surface area is 212 Å². The van der Waals surface area contributed by atoms with Crippen molar-refractivity contribution in [3.8, 4) is 0 Å². The van der Waals surface area contributed by atoms with E-state index in [1.807, 2.05) is 0 Å². The van der Waals surface area contributed by atoms with E-state index in [1.165, 1.54) is 50.0 Å². The van der Waals surface area contributed by atoms with E-state index in [0.29, 0.717) is 0 Å². The molecule has 4 aromatic rings. The molecular weight excluding hydrogens is 424 g/mol. The van der Waals surface area contributed by atoms with Crippen LogP contribution in [0.3, 0.4) is 0 Å². The van der Waals surface area contributed by atoms with Gasteiger partial charge in [-0.1, -0.05) is 60.7 Å². The van der Waals surface area contributed by atoms with Gasteiger partial charge in [0.1, 0.15) is 0 Å². The third kappa shape index (κ3) is 4.80. The lowest BCUT2D eigenvalue weighted by atomic mass is 9.78. The lowest BCUT2D eigenvalue weighted by molar-refractivity contribution is 0.862. The Morgan fingerprint density at radius 3 is 1.80 bits per heavy atom. The summed E-state index contributed by atoms with van der Waals surface area (Å²) in [5.74, 6) is 0.178. The molecule has 182 valence electrons. The highest BCUT2D eigenvalue weighted by Gasteiger charge is 2.24. The maximum Gasteiger partial charge on any atom is 0.0448 e. The number of hydrogen-bond donors (Lipinski definition) is 0. The van der Waals surface area contributed by atoms with Gasteiger partial charge >= 0.3 is 0 Å². The van der Waals surface area contributed by atoms with Crippen molar-refractivity contribution in [3.63, 3.8) is 0 Å². The number of fused-ring (bicyclic) bond motifs is 1. The molecule has 0 amide bonds. The quantitative estimate of drug-likeness (QED) is 0.230. The lowest BCUT2D eigenvalue weighted by Crippen LogP contribution is -2.23. The zero-order valence-corrected chi connectivity index (χ0v) is 22.3. The molecule has 0 saturated heterocycles. The summed E-state index contributed by atoms with van der Waals surface area (Å²) in [6.07, 6.45) is 0. The first kappa shape index (κ1) is 24.9. The van der Waals surface area contributed by atoms with Crippen molar-refractivity contribution in [2.45, 2.75) is 47.5 Å². The van der Waals surface area contributed by atoms with Crippen LogP contribution in [-0.4, -0.2) is 26.2 Å². The van der Waals surface area contributed by atoms with Crippen LogP contribution >= 0.6 is 0 Å². The summed E-state index contributed by atoms with van der Waals surface area (Å²) >= 11 is 0. The molecule has 0 heterocycles. The molecule has 0 aliphatic carbocycles. The van der Waals surface area contributed by atoms with Gasteiger partial charge in [0.25, 0.3) is 0 Å². The molecule has 2 heteroatoms. The van der Waals surface area contributed by atoms with Crippen molar-refractivity contribution in [1.29, 1.82) is 0 Å². The largest absolute Gasteiger partial charge is 0.372 e. The van der Waals surface area contributed by atoms with Crippen molar-refractivity contribution in [2.75, 3.05) is 36.0 Å². The minimum atomic E-state index is 0.178. The van der Waals surface area contributed by atoms with E-state index in [2.05, 4.69) is 130 Å².